The largest absolute Gasteiger partial charge is 0.573 e. The molecule has 0 aliphatic rings. The minimum absolute atomic E-state index is 0.337. The number of nitrogens with two attached hydrogens (primary N) is 1. The quantitative estimate of drug-likeness (QED) is 0.794. The molecule has 2 N–H and O–H groups in total. The van der Waals surface area contributed by atoms with Crippen LogP contribution >= 0.6 is 0 Å². The average molecular weight is 235 g/mol. The molecule has 0 spiro atoms. The lowest BCUT2D eigenvalue weighted by atomic mass is 10.2. The van der Waals surface area contributed by atoms with E-state index >= 15 is 0 Å². The Morgan fingerprint density at radius 2 is 2.12 bits per heavy atom. The van der Waals surface area contributed by atoms with Gasteiger partial charge in [0.05, 0.1) is 5.69 Å². The van der Waals surface area contributed by atoms with E-state index in [9.17, 15) is 17.6 Å². The smallest absolute Gasteiger partial charge is 0.404 e. The van der Waals surface area contributed by atoms with Crippen molar-refractivity contribution in [2.45, 2.75) is 13.0 Å². The van der Waals surface area contributed by atoms with Gasteiger partial charge in [-0.15, -0.1) is 13.2 Å². The number of hydrogen-bond acceptors (Lipinski definition) is 4. The normalized spacial score (nSPS) is 10.9. The maximum Gasteiger partial charge on any atom is 0.573 e. The van der Waals surface area contributed by atoms with Crippen LogP contribution in [-0.2, 0) is 6.67 Å². The molecule has 1 aromatic rings. The lowest BCUT2D eigenvalue weighted by Crippen LogP contribution is -2.18. The summed E-state index contributed by atoms with van der Waals surface area (Å²) in [4.78, 5) is 3.39. The van der Waals surface area contributed by atoms with Gasteiger partial charge >= 0.3 is 6.36 Å². The van der Waals surface area contributed by atoms with E-state index in [0.29, 0.717) is 6.07 Å². The maximum atomic E-state index is 12.2. The molecule has 1 aromatic heterocycles. The molecular formula is C8H5F4N3O. The van der Waals surface area contributed by atoms with E-state index in [1.54, 1.807) is 0 Å². The minimum atomic E-state index is -4.98. The second-order valence-electron chi connectivity index (χ2n) is 2.67. The lowest BCUT2D eigenvalue weighted by Gasteiger charge is -2.11. The van der Waals surface area contributed by atoms with Crippen molar-refractivity contribution in [1.82, 2.24) is 4.98 Å². The molecule has 0 saturated heterocycles. The third-order valence-corrected chi connectivity index (χ3v) is 1.54. The average Bonchev–Trinajstić information content (AvgIpc) is 2.14. The first kappa shape index (κ1) is 12.0. The number of ether oxygens (including phenoxy) is 1. The van der Waals surface area contributed by atoms with E-state index in [1.165, 1.54) is 6.07 Å². The summed E-state index contributed by atoms with van der Waals surface area (Å²) < 4.78 is 51.6. The fourth-order valence-corrected chi connectivity index (χ4v) is 0.979. The molecule has 0 atom stereocenters. The van der Waals surface area contributed by atoms with E-state index in [4.69, 9.17) is 11.0 Å². The Morgan fingerprint density at radius 3 is 2.56 bits per heavy atom. The molecule has 0 aliphatic carbocycles. The second-order valence-corrected chi connectivity index (χ2v) is 2.67. The summed E-state index contributed by atoms with van der Waals surface area (Å²) in [7, 11) is 0. The van der Waals surface area contributed by atoms with E-state index in [1.807, 2.05) is 0 Å². The van der Waals surface area contributed by atoms with Crippen molar-refractivity contribution in [3.05, 3.63) is 17.3 Å². The number of halogens is 4. The third-order valence-electron chi connectivity index (χ3n) is 1.54. The van der Waals surface area contributed by atoms with Crippen LogP contribution in [0.15, 0.2) is 6.07 Å². The number of rotatable bonds is 2. The third kappa shape index (κ3) is 2.73. The molecular weight excluding hydrogens is 230 g/mol. The van der Waals surface area contributed by atoms with Gasteiger partial charge < -0.3 is 10.5 Å². The Balaban J connectivity index is 3.25. The molecule has 16 heavy (non-hydrogen) atoms. The van der Waals surface area contributed by atoms with Crippen LogP contribution in [-0.4, -0.2) is 11.3 Å². The number of anilines is 1. The summed E-state index contributed by atoms with van der Waals surface area (Å²) in [5.74, 6) is -1.35. The number of nitrogens with zero attached hydrogens (tertiary/aromatic N) is 2. The van der Waals surface area contributed by atoms with E-state index < -0.39 is 30.2 Å². The summed E-state index contributed by atoms with van der Waals surface area (Å²) >= 11 is 0. The van der Waals surface area contributed by atoms with E-state index in [-0.39, 0.29) is 5.69 Å². The van der Waals surface area contributed by atoms with E-state index in [0.717, 1.165) is 0 Å². The molecule has 8 heteroatoms. The summed E-state index contributed by atoms with van der Waals surface area (Å²) in [6.07, 6.45) is -4.98. The monoisotopic (exact) mass is 235 g/mol. The highest BCUT2D eigenvalue weighted by atomic mass is 19.4. The zero-order valence-electron chi connectivity index (χ0n) is 7.68. The number of alkyl halides is 4. The number of nitriles is 1. The van der Waals surface area contributed by atoms with Gasteiger partial charge in [0.1, 0.15) is 24.1 Å². The Morgan fingerprint density at radius 1 is 1.50 bits per heavy atom. The van der Waals surface area contributed by atoms with Crippen LogP contribution in [0.1, 0.15) is 11.3 Å². The molecule has 4 nitrogen and oxygen atoms in total. The summed E-state index contributed by atoms with van der Waals surface area (Å²) in [6.45, 7) is -1.11. The zero-order chi connectivity index (χ0) is 12.3. The van der Waals surface area contributed by atoms with Crippen LogP contribution in [0.2, 0.25) is 0 Å². The minimum Gasteiger partial charge on any atom is -0.404 e. The molecule has 0 bridgehead atoms. The molecule has 1 rings (SSSR count). The zero-order valence-corrected chi connectivity index (χ0v) is 7.68. The highest BCUT2D eigenvalue weighted by Crippen LogP contribution is 2.29. The van der Waals surface area contributed by atoms with Crippen molar-refractivity contribution in [2.24, 2.45) is 0 Å². The van der Waals surface area contributed by atoms with Gasteiger partial charge in [0.2, 0.25) is 0 Å². The van der Waals surface area contributed by atoms with Gasteiger partial charge in [-0.2, -0.15) is 5.26 Å². The highest BCUT2D eigenvalue weighted by Gasteiger charge is 2.33. The topological polar surface area (TPSA) is 71.9 Å². The summed E-state index contributed by atoms with van der Waals surface area (Å²) in [5, 5.41) is 8.55. The maximum absolute atomic E-state index is 12.2. The van der Waals surface area contributed by atoms with Crippen molar-refractivity contribution < 1.29 is 22.3 Å². The Bertz CT molecular complexity index is 438. The first-order valence-corrected chi connectivity index (χ1v) is 3.88. The lowest BCUT2D eigenvalue weighted by molar-refractivity contribution is -0.274. The van der Waals surface area contributed by atoms with Crippen LogP contribution in [0.4, 0.5) is 23.4 Å². The number of pyridine rings is 1. The van der Waals surface area contributed by atoms with Gasteiger partial charge in [0, 0.05) is 6.07 Å². The number of aromatic nitrogens is 1. The molecule has 0 aromatic carbocycles. The molecule has 0 saturated carbocycles. The SMILES string of the molecule is N#Cc1c(OC(F)(F)F)cc(CF)nc1N. The first-order chi connectivity index (χ1) is 7.37. The number of nitrogen functional groups attached to an aromatic ring is 1. The second kappa shape index (κ2) is 4.22. The van der Waals surface area contributed by atoms with Crippen molar-refractivity contribution in [1.29, 1.82) is 5.26 Å². The molecule has 1 heterocycles. The van der Waals surface area contributed by atoms with Crippen molar-refractivity contribution in [3.8, 4) is 11.8 Å². The molecule has 0 amide bonds. The molecule has 0 fully saturated rings. The summed E-state index contributed by atoms with van der Waals surface area (Å²) in [5.41, 5.74) is 4.27. The van der Waals surface area contributed by atoms with Gasteiger partial charge in [0.15, 0.2) is 5.75 Å². The van der Waals surface area contributed by atoms with Crippen molar-refractivity contribution >= 4 is 5.82 Å². The Labute approximate surface area is 87.3 Å². The first-order valence-electron chi connectivity index (χ1n) is 3.88. The fraction of sp³-hybridized carbons (Fsp3) is 0.250. The Kier molecular flexibility index (Phi) is 3.17. The molecule has 0 unspecified atom stereocenters. The van der Waals surface area contributed by atoms with Crippen LogP contribution in [0, 0.1) is 11.3 Å². The van der Waals surface area contributed by atoms with Gasteiger partial charge in [0.25, 0.3) is 0 Å². The Hall–Kier alpha value is -2.04. The standard InChI is InChI=1S/C8H5F4N3O/c9-2-4-1-6(16-8(10,11)12)5(3-13)7(14)15-4/h1H,2H2,(H2,14,15). The van der Waals surface area contributed by atoms with Crippen molar-refractivity contribution in [3.63, 3.8) is 0 Å². The summed E-state index contributed by atoms with van der Waals surface area (Å²) in [6, 6.07) is 2.09. The molecule has 0 aliphatic heterocycles. The highest BCUT2D eigenvalue weighted by molar-refractivity contribution is 5.57. The fourth-order valence-electron chi connectivity index (χ4n) is 0.979. The predicted octanol–water partition coefficient (Wildman–Crippen LogP) is 1.90. The van der Waals surface area contributed by atoms with Gasteiger partial charge in [-0.05, 0) is 0 Å². The van der Waals surface area contributed by atoms with Crippen molar-refractivity contribution in [2.75, 3.05) is 5.73 Å². The predicted molar refractivity (Wildman–Crippen MR) is 44.9 cm³/mol. The van der Waals surface area contributed by atoms with Gasteiger partial charge in [-0.25, -0.2) is 9.37 Å². The van der Waals surface area contributed by atoms with E-state index in [2.05, 4.69) is 9.72 Å². The van der Waals surface area contributed by atoms with Crippen LogP contribution < -0.4 is 10.5 Å². The molecule has 86 valence electrons. The van der Waals surface area contributed by atoms with Crippen LogP contribution in [0.3, 0.4) is 0 Å². The number of hydrogen-bond donors (Lipinski definition) is 1. The van der Waals surface area contributed by atoms with Crippen LogP contribution in [0.5, 0.6) is 5.75 Å². The van der Waals surface area contributed by atoms with Gasteiger partial charge in [-0.3, -0.25) is 0 Å². The van der Waals surface area contributed by atoms with Gasteiger partial charge in [-0.1, -0.05) is 0 Å². The molecule has 0 radical (unpaired) electrons. The van der Waals surface area contributed by atoms with Crippen LogP contribution in [0.25, 0.3) is 0 Å².